The van der Waals surface area contributed by atoms with Crippen LogP contribution >= 0.6 is 0 Å². The Hall–Kier alpha value is -2.34. The van der Waals surface area contributed by atoms with Crippen LogP contribution in [-0.4, -0.2) is 60.6 Å². The molecule has 130 valence electrons. The van der Waals surface area contributed by atoms with E-state index in [1.807, 2.05) is 0 Å². The summed E-state index contributed by atoms with van der Waals surface area (Å²) < 4.78 is 5.65. The average Bonchev–Trinajstić information content (AvgIpc) is 2.78. The number of carbonyl (C=O) groups excluding carboxylic acids is 2. The molecule has 0 atom stereocenters. The van der Waals surface area contributed by atoms with Crippen molar-refractivity contribution in [2.45, 2.75) is 13.8 Å². The van der Waals surface area contributed by atoms with Crippen molar-refractivity contribution >= 4 is 17.4 Å². The zero-order valence-electron chi connectivity index (χ0n) is 14.6. The molecule has 0 unspecified atom stereocenters. The zero-order valence-corrected chi connectivity index (χ0v) is 14.6. The maximum atomic E-state index is 12.5. The van der Waals surface area contributed by atoms with Gasteiger partial charge in [0.05, 0.1) is 18.8 Å². The number of aliphatic hydroxyl groups excluding tert-OH is 1. The lowest BCUT2D eigenvalue weighted by atomic mass is 10.0. The summed E-state index contributed by atoms with van der Waals surface area (Å²) in [7, 11) is 3.15. The van der Waals surface area contributed by atoms with E-state index in [2.05, 4.69) is 13.8 Å². The smallest absolute Gasteiger partial charge is 0.277 e. The normalized spacial score (nSPS) is 14.8. The molecule has 1 aliphatic rings. The molecule has 2 rings (SSSR count). The fourth-order valence-corrected chi connectivity index (χ4v) is 2.48. The van der Waals surface area contributed by atoms with Crippen LogP contribution in [0, 0.1) is 5.92 Å². The Morgan fingerprint density at radius 2 is 1.79 bits per heavy atom. The Labute approximate surface area is 142 Å². The number of hydrogen-bond donors (Lipinski definition) is 1. The van der Waals surface area contributed by atoms with E-state index in [-0.39, 0.29) is 25.0 Å². The van der Waals surface area contributed by atoms with Crippen molar-refractivity contribution in [1.82, 2.24) is 9.80 Å². The Morgan fingerprint density at radius 1 is 1.17 bits per heavy atom. The lowest BCUT2D eigenvalue weighted by molar-refractivity contribution is -0.135. The Morgan fingerprint density at radius 3 is 2.33 bits per heavy atom. The Bertz CT molecular complexity index is 649. The van der Waals surface area contributed by atoms with Gasteiger partial charge >= 0.3 is 0 Å². The summed E-state index contributed by atoms with van der Waals surface area (Å²) in [6.07, 6.45) is 0. The van der Waals surface area contributed by atoms with Gasteiger partial charge in [0.1, 0.15) is 11.4 Å². The number of amides is 2. The number of aliphatic hydroxyl groups is 1. The van der Waals surface area contributed by atoms with E-state index in [1.54, 1.807) is 36.2 Å². The number of nitrogens with zero attached hydrogens (tertiary/aromatic N) is 2. The second kappa shape index (κ2) is 7.49. The Kier molecular flexibility index (Phi) is 5.62. The quantitative estimate of drug-likeness (QED) is 0.764. The molecule has 1 aromatic carbocycles. The molecule has 0 spiro atoms. The van der Waals surface area contributed by atoms with Crippen molar-refractivity contribution < 1.29 is 19.4 Å². The second-order valence-electron chi connectivity index (χ2n) is 6.27. The Balaban J connectivity index is 2.35. The van der Waals surface area contributed by atoms with Gasteiger partial charge in [-0.15, -0.1) is 0 Å². The number of carbonyl (C=O) groups is 2. The molecule has 0 aliphatic carbocycles. The number of rotatable bonds is 7. The first-order chi connectivity index (χ1) is 11.4. The molecule has 1 N–H and O–H groups in total. The first-order valence-corrected chi connectivity index (χ1v) is 7.98. The minimum Gasteiger partial charge on any atom is -0.493 e. The summed E-state index contributed by atoms with van der Waals surface area (Å²) in [5.74, 6) is 0.457. The highest BCUT2D eigenvalue weighted by molar-refractivity contribution is 6.35. The maximum absolute atomic E-state index is 12.5. The summed E-state index contributed by atoms with van der Waals surface area (Å²) in [5.41, 5.74) is 1.33. The first kappa shape index (κ1) is 18.0. The van der Waals surface area contributed by atoms with E-state index in [4.69, 9.17) is 9.84 Å². The van der Waals surface area contributed by atoms with E-state index in [9.17, 15) is 9.59 Å². The van der Waals surface area contributed by atoms with E-state index >= 15 is 0 Å². The van der Waals surface area contributed by atoms with Gasteiger partial charge in [-0.3, -0.25) is 14.5 Å². The molecular weight excluding hydrogens is 308 g/mol. The summed E-state index contributed by atoms with van der Waals surface area (Å²) in [6, 6.07) is 7.15. The van der Waals surface area contributed by atoms with Crippen molar-refractivity contribution in [2.75, 3.05) is 33.9 Å². The molecule has 2 amide bonds. The number of hydrogen-bond acceptors (Lipinski definition) is 5. The molecule has 24 heavy (non-hydrogen) atoms. The lowest BCUT2D eigenvalue weighted by Crippen LogP contribution is -2.31. The fraction of sp³-hybridized carbons (Fsp3) is 0.444. The third-order valence-electron chi connectivity index (χ3n) is 3.81. The molecule has 0 radical (unpaired) electrons. The van der Waals surface area contributed by atoms with Crippen molar-refractivity contribution in [2.24, 2.45) is 5.92 Å². The molecular formula is C18H24N2O4. The van der Waals surface area contributed by atoms with Crippen LogP contribution in [0.25, 0.3) is 5.57 Å². The van der Waals surface area contributed by atoms with Gasteiger partial charge in [-0.25, -0.2) is 0 Å². The van der Waals surface area contributed by atoms with Crippen molar-refractivity contribution in [1.29, 1.82) is 0 Å². The minimum absolute atomic E-state index is 0.0968. The molecule has 1 aromatic rings. The molecule has 0 saturated carbocycles. The van der Waals surface area contributed by atoms with Crippen molar-refractivity contribution in [3.63, 3.8) is 0 Å². The van der Waals surface area contributed by atoms with E-state index < -0.39 is 0 Å². The summed E-state index contributed by atoms with van der Waals surface area (Å²) in [4.78, 5) is 27.5. The van der Waals surface area contributed by atoms with Gasteiger partial charge in [0, 0.05) is 20.6 Å². The largest absolute Gasteiger partial charge is 0.493 e. The third kappa shape index (κ3) is 3.59. The highest BCUT2D eigenvalue weighted by Crippen LogP contribution is 2.31. The van der Waals surface area contributed by atoms with Gasteiger partial charge in [0.2, 0.25) is 0 Å². The van der Waals surface area contributed by atoms with Crippen LogP contribution < -0.4 is 4.74 Å². The predicted molar refractivity (Wildman–Crippen MR) is 91.2 cm³/mol. The monoisotopic (exact) mass is 332 g/mol. The standard InChI is InChI=1S/C18H24N2O4/c1-12(2)11-24-14-7-5-13(6-8-14)15-16(19(3)9-10-21)18(23)20(4)17(15)22/h5-8,12,21H,9-11H2,1-4H3. The molecule has 6 heteroatoms. The van der Waals surface area contributed by atoms with Gasteiger partial charge in [0.25, 0.3) is 11.8 Å². The van der Waals surface area contributed by atoms with E-state index in [1.165, 1.54) is 7.05 Å². The summed E-state index contributed by atoms with van der Waals surface area (Å²) >= 11 is 0. The molecule has 0 saturated heterocycles. The van der Waals surface area contributed by atoms with Crippen LogP contribution in [0.5, 0.6) is 5.75 Å². The summed E-state index contributed by atoms with van der Waals surface area (Å²) in [5, 5.41) is 9.12. The summed E-state index contributed by atoms with van der Waals surface area (Å²) in [6.45, 7) is 4.94. The van der Waals surface area contributed by atoms with Gasteiger partial charge in [-0.05, 0) is 23.6 Å². The fourth-order valence-electron chi connectivity index (χ4n) is 2.48. The predicted octanol–water partition coefficient (Wildman–Crippen LogP) is 1.36. The van der Waals surface area contributed by atoms with E-state index in [0.29, 0.717) is 29.4 Å². The maximum Gasteiger partial charge on any atom is 0.277 e. The number of benzene rings is 1. The first-order valence-electron chi connectivity index (χ1n) is 7.98. The number of likely N-dealkylation sites (N-methyl/N-ethyl adjacent to an activating group) is 2. The highest BCUT2D eigenvalue weighted by atomic mass is 16.5. The molecule has 0 fully saturated rings. The van der Waals surface area contributed by atoms with Crippen LogP contribution in [0.4, 0.5) is 0 Å². The van der Waals surface area contributed by atoms with Gasteiger partial charge < -0.3 is 14.7 Å². The molecule has 1 heterocycles. The van der Waals surface area contributed by atoms with Crippen molar-refractivity contribution in [3.8, 4) is 5.75 Å². The van der Waals surface area contributed by atoms with Crippen LogP contribution in [0.15, 0.2) is 30.0 Å². The molecule has 6 nitrogen and oxygen atoms in total. The molecule has 1 aliphatic heterocycles. The molecule has 0 bridgehead atoms. The topological polar surface area (TPSA) is 70.1 Å². The van der Waals surface area contributed by atoms with Crippen LogP contribution in [0.2, 0.25) is 0 Å². The van der Waals surface area contributed by atoms with Crippen LogP contribution in [0.1, 0.15) is 19.4 Å². The number of ether oxygens (including phenoxy) is 1. The van der Waals surface area contributed by atoms with Crippen molar-refractivity contribution in [3.05, 3.63) is 35.5 Å². The van der Waals surface area contributed by atoms with Gasteiger partial charge in [-0.1, -0.05) is 26.0 Å². The minimum atomic E-state index is -0.355. The van der Waals surface area contributed by atoms with Crippen LogP contribution in [0.3, 0.4) is 0 Å². The average molecular weight is 332 g/mol. The van der Waals surface area contributed by atoms with E-state index in [0.717, 1.165) is 10.6 Å². The zero-order chi connectivity index (χ0) is 17.9. The van der Waals surface area contributed by atoms with Gasteiger partial charge in [-0.2, -0.15) is 0 Å². The van der Waals surface area contributed by atoms with Gasteiger partial charge in [0.15, 0.2) is 0 Å². The second-order valence-corrected chi connectivity index (χ2v) is 6.27. The lowest BCUT2D eigenvalue weighted by Gasteiger charge is -2.19. The number of imide groups is 1. The highest BCUT2D eigenvalue weighted by Gasteiger charge is 2.38. The SMILES string of the molecule is CC(C)COc1ccc(C2=C(N(C)CCO)C(=O)N(C)C2=O)cc1. The molecule has 0 aromatic heterocycles. The third-order valence-corrected chi connectivity index (χ3v) is 3.81. The van der Waals surface area contributed by atoms with Crippen LogP contribution in [-0.2, 0) is 9.59 Å².